The first-order valence-corrected chi connectivity index (χ1v) is 10.9. The van der Waals surface area contributed by atoms with Crippen molar-refractivity contribution in [2.24, 2.45) is 0 Å². The van der Waals surface area contributed by atoms with E-state index < -0.39 is 18.0 Å². The van der Waals surface area contributed by atoms with Crippen LogP contribution < -0.4 is 5.32 Å². The van der Waals surface area contributed by atoms with E-state index in [1.54, 1.807) is 30.2 Å². The summed E-state index contributed by atoms with van der Waals surface area (Å²) in [6.45, 7) is 1.92. The number of nitrogens with one attached hydrogen (secondary N) is 1. The van der Waals surface area contributed by atoms with Gasteiger partial charge < -0.3 is 24.5 Å². The minimum atomic E-state index is -1.07. The molecule has 1 fully saturated rings. The molecule has 0 saturated carbocycles. The summed E-state index contributed by atoms with van der Waals surface area (Å²) in [5.74, 6) is -0.584. The third-order valence-corrected chi connectivity index (χ3v) is 5.88. The average molecular weight is 486 g/mol. The molecule has 1 aliphatic rings. The van der Waals surface area contributed by atoms with Crippen LogP contribution in [0.4, 0.5) is 0 Å². The maximum Gasteiger partial charge on any atom is 0.335 e. The minimum absolute atomic E-state index is 0.0705. The number of rotatable bonds is 7. The number of furan rings is 1. The van der Waals surface area contributed by atoms with Crippen LogP contribution in [0.2, 0.25) is 5.02 Å². The minimum Gasteiger partial charge on any atom is -0.478 e. The van der Waals surface area contributed by atoms with Crippen molar-refractivity contribution in [2.45, 2.75) is 19.0 Å². The fraction of sp³-hybridized carbons (Fsp3) is 0.217. The van der Waals surface area contributed by atoms with Crippen LogP contribution in [0.5, 0.6) is 0 Å². The van der Waals surface area contributed by atoms with Gasteiger partial charge in [0.25, 0.3) is 0 Å². The van der Waals surface area contributed by atoms with Gasteiger partial charge in [0.05, 0.1) is 28.9 Å². The topological polar surface area (TPSA) is 105 Å². The second-order valence-corrected chi connectivity index (χ2v) is 8.06. The number of aromatic nitrogens is 1. The number of aromatic carboxylic acids is 1. The molecular formula is C23H20ClN3O5S. The summed E-state index contributed by atoms with van der Waals surface area (Å²) < 4.78 is 11.3. The highest BCUT2D eigenvalue weighted by atomic mass is 35.5. The van der Waals surface area contributed by atoms with Crippen molar-refractivity contribution in [1.82, 2.24) is 15.2 Å². The van der Waals surface area contributed by atoms with Crippen LogP contribution in [0.15, 0.2) is 59.1 Å². The SMILES string of the molecule is CCOC(=O)CN1C(=S)NC(c2ccccn2)C1c1ccc(-c2cc(C(=O)O)ccc2Cl)o1. The van der Waals surface area contributed by atoms with E-state index in [0.717, 1.165) is 5.69 Å². The Morgan fingerprint density at radius 2 is 2.09 bits per heavy atom. The fourth-order valence-electron chi connectivity index (χ4n) is 3.73. The van der Waals surface area contributed by atoms with Gasteiger partial charge in [-0.05, 0) is 61.6 Å². The molecule has 0 bridgehead atoms. The van der Waals surface area contributed by atoms with Crippen LogP contribution in [0, 0.1) is 0 Å². The maximum absolute atomic E-state index is 12.3. The van der Waals surface area contributed by atoms with Gasteiger partial charge in [0.15, 0.2) is 5.11 Å². The fourth-order valence-corrected chi connectivity index (χ4v) is 4.25. The zero-order valence-electron chi connectivity index (χ0n) is 17.5. The quantitative estimate of drug-likeness (QED) is 0.375. The molecule has 1 saturated heterocycles. The summed E-state index contributed by atoms with van der Waals surface area (Å²) in [6.07, 6.45) is 1.68. The first-order valence-electron chi connectivity index (χ1n) is 10.2. The van der Waals surface area contributed by atoms with Gasteiger partial charge in [-0.3, -0.25) is 9.78 Å². The Hall–Kier alpha value is -3.43. The predicted molar refractivity (Wildman–Crippen MR) is 125 cm³/mol. The van der Waals surface area contributed by atoms with Crippen molar-refractivity contribution in [2.75, 3.05) is 13.2 Å². The Labute approximate surface area is 200 Å². The van der Waals surface area contributed by atoms with E-state index >= 15 is 0 Å². The largest absolute Gasteiger partial charge is 0.478 e. The standard InChI is InChI=1S/C23H20ClN3O5S/c1-2-31-19(28)12-27-21(20(26-23(27)33)16-5-3-4-10-25-16)18-9-8-17(32-18)14-11-13(22(29)30)6-7-15(14)24/h3-11,20-21H,2,12H2,1H3,(H,26,33)(H,29,30). The number of ether oxygens (including phenoxy) is 1. The van der Waals surface area contributed by atoms with Crippen LogP contribution in [-0.4, -0.2) is 45.2 Å². The Kier molecular flexibility index (Phi) is 6.62. The smallest absolute Gasteiger partial charge is 0.335 e. The summed E-state index contributed by atoms with van der Waals surface area (Å²) in [5, 5.41) is 13.3. The molecule has 10 heteroatoms. The second kappa shape index (κ2) is 9.60. The Morgan fingerprint density at radius 3 is 2.79 bits per heavy atom. The van der Waals surface area contributed by atoms with Gasteiger partial charge in [-0.1, -0.05) is 17.7 Å². The molecule has 33 heavy (non-hydrogen) atoms. The number of carbonyl (C=O) groups excluding carboxylic acids is 1. The zero-order valence-corrected chi connectivity index (χ0v) is 19.1. The number of esters is 1. The third kappa shape index (κ3) is 4.69. The molecule has 2 unspecified atom stereocenters. The van der Waals surface area contributed by atoms with Gasteiger partial charge in [-0.25, -0.2) is 4.79 Å². The number of thiocarbonyl (C=S) groups is 1. The molecule has 2 atom stereocenters. The number of pyridine rings is 1. The highest BCUT2D eigenvalue weighted by Crippen LogP contribution is 2.41. The first-order chi connectivity index (χ1) is 15.9. The lowest BCUT2D eigenvalue weighted by molar-refractivity contribution is -0.143. The molecule has 0 spiro atoms. The van der Waals surface area contributed by atoms with Crippen molar-refractivity contribution in [3.63, 3.8) is 0 Å². The molecule has 1 aliphatic heterocycles. The van der Waals surface area contributed by atoms with Gasteiger partial charge in [-0.2, -0.15) is 0 Å². The van der Waals surface area contributed by atoms with E-state index in [0.29, 0.717) is 27.2 Å². The molecule has 1 aromatic carbocycles. The summed E-state index contributed by atoms with van der Waals surface area (Å²) in [5.41, 5.74) is 1.26. The van der Waals surface area contributed by atoms with Crippen molar-refractivity contribution in [3.8, 4) is 11.3 Å². The number of carboxylic acid groups (broad SMARTS) is 1. The lowest BCUT2D eigenvalue weighted by Gasteiger charge is -2.25. The molecule has 4 rings (SSSR count). The molecule has 2 aromatic heterocycles. The van der Waals surface area contributed by atoms with E-state index in [9.17, 15) is 14.7 Å². The average Bonchev–Trinajstić information content (AvgIpc) is 3.39. The third-order valence-electron chi connectivity index (χ3n) is 5.20. The highest BCUT2D eigenvalue weighted by Gasteiger charge is 2.42. The zero-order chi connectivity index (χ0) is 23.5. The first kappa shape index (κ1) is 22.8. The molecule has 3 aromatic rings. The Balaban J connectivity index is 1.74. The van der Waals surface area contributed by atoms with Gasteiger partial charge in [-0.15, -0.1) is 0 Å². The predicted octanol–water partition coefficient (Wildman–Crippen LogP) is 4.23. The Morgan fingerprint density at radius 1 is 1.27 bits per heavy atom. The van der Waals surface area contributed by atoms with Crippen molar-refractivity contribution in [3.05, 3.63) is 76.8 Å². The monoisotopic (exact) mass is 485 g/mol. The normalized spacial score (nSPS) is 17.6. The van der Waals surface area contributed by atoms with Crippen LogP contribution in [-0.2, 0) is 9.53 Å². The van der Waals surface area contributed by atoms with E-state index in [1.807, 2.05) is 18.2 Å². The summed E-state index contributed by atoms with van der Waals surface area (Å²) in [7, 11) is 0. The van der Waals surface area contributed by atoms with Crippen LogP contribution in [0.3, 0.4) is 0 Å². The van der Waals surface area contributed by atoms with Crippen LogP contribution in [0.25, 0.3) is 11.3 Å². The molecule has 0 amide bonds. The lowest BCUT2D eigenvalue weighted by atomic mass is 10.0. The molecule has 0 aliphatic carbocycles. The van der Waals surface area contributed by atoms with Crippen molar-refractivity contribution in [1.29, 1.82) is 0 Å². The highest BCUT2D eigenvalue weighted by molar-refractivity contribution is 7.80. The number of halogens is 1. The molecule has 2 N–H and O–H groups in total. The lowest BCUT2D eigenvalue weighted by Crippen LogP contribution is -2.35. The number of hydrogen-bond donors (Lipinski definition) is 2. The summed E-state index contributed by atoms with van der Waals surface area (Å²) >= 11 is 11.8. The van der Waals surface area contributed by atoms with Crippen LogP contribution >= 0.6 is 23.8 Å². The molecule has 170 valence electrons. The molecular weight excluding hydrogens is 466 g/mol. The summed E-state index contributed by atoms with van der Waals surface area (Å²) in [6, 6.07) is 12.5. The number of hydrogen-bond acceptors (Lipinski definition) is 6. The number of benzene rings is 1. The Bertz CT molecular complexity index is 1200. The van der Waals surface area contributed by atoms with Crippen molar-refractivity contribution < 1.29 is 23.8 Å². The summed E-state index contributed by atoms with van der Waals surface area (Å²) in [4.78, 5) is 29.8. The van der Waals surface area contributed by atoms with Crippen LogP contribution in [0.1, 0.15) is 40.8 Å². The number of nitrogens with zero attached hydrogens (tertiary/aromatic N) is 2. The van der Waals surface area contributed by atoms with Crippen molar-refractivity contribution >= 4 is 40.9 Å². The molecule has 8 nitrogen and oxygen atoms in total. The van der Waals surface area contributed by atoms with E-state index in [1.165, 1.54) is 18.2 Å². The van der Waals surface area contributed by atoms with Gasteiger partial charge in [0.1, 0.15) is 24.1 Å². The number of carbonyl (C=O) groups is 2. The van der Waals surface area contributed by atoms with E-state index in [4.69, 9.17) is 33.0 Å². The van der Waals surface area contributed by atoms with Gasteiger partial charge >= 0.3 is 11.9 Å². The second-order valence-electron chi connectivity index (χ2n) is 7.26. The van der Waals surface area contributed by atoms with E-state index in [2.05, 4.69) is 10.3 Å². The van der Waals surface area contributed by atoms with Gasteiger partial charge in [0, 0.05) is 11.8 Å². The number of carboxylic acids is 1. The van der Waals surface area contributed by atoms with Gasteiger partial charge in [0.2, 0.25) is 0 Å². The maximum atomic E-state index is 12.3. The molecule has 3 heterocycles. The molecule has 0 radical (unpaired) electrons. The van der Waals surface area contributed by atoms with E-state index in [-0.39, 0.29) is 24.8 Å².